The first-order valence-corrected chi connectivity index (χ1v) is 7.69. The van der Waals surface area contributed by atoms with Crippen molar-refractivity contribution in [3.05, 3.63) is 29.5 Å². The lowest BCUT2D eigenvalue weighted by atomic mass is 10.1. The van der Waals surface area contributed by atoms with E-state index >= 15 is 0 Å². The molecule has 0 bridgehead atoms. The summed E-state index contributed by atoms with van der Waals surface area (Å²) in [5.41, 5.74) is 1.20. The molecule has 120 valence electrons. The third kappa shape index (κ3) is 2.85. The van der Waals surface area contributed by atoms with E-state index in [4.69, 9.17) is 4.74 Å². The van der Waals surface area contributed by atoms with Crippen LogP contribution in [0.3, 0.4) is 0 Å². The molecule has 0 N–H and O–H groups in total. The Hall–Kier alpha value is -1.53. The van der Waals surface area contributed by atoms with Crippen LogP contribution in [0.15, 0.2) is 12.1 Å². The van der Waals surface area contributed by atoms with E-state index in [1.165, 1.54) is 0 Å². The van der Waals surface area contributed by atoms with Gasteiger partial charge in [0.25, 0.3) is 0 Å². The number of ether oxygens (including phenoxy) is 1. The lowest BCUT2D eigenvalue weighted by Crippen LogP contribution is -2.19. The average Bonchev–Trinajstić information content (AvgIpc) is 2.89. The van der Waals surface area contributed by atoms with Gasteiger partial charge in [-0.3, -0.25) is 0 Å². The summed E-state index contributed by atoms with van der Waals surface area (Å²) in [5, 5.41) is 4.83. The molecule has 1 fully saturated rings. The minimum Gasteiger partial charge on any atom is -0.356 e. The summed E-state index contributed by atoms with van der Waals surface area (Å²) in [4.78, 5) is 2.00. The second-order valence-electron chi connectivity index (χ2n) is 6.02. The quantitative estimate of drug-likeness (QED) is 0.869. The van der Waals surface area contributed by atoms with Gasteiger partial charge in [0, 0.05) is 19.6 Å². The molecule has 1 aromatic heterocycles. The number of nitrogens with zero attached hydrogens (tertiary/aromatic N) is 3. The summed E-state index contributed by atoms with van der Waals surface area (Å²) in [6.45, 7) is 1.41. The van der Waals surface area contributed by atoms with Crippen LogP contribution in [0.2, 0.25) is 0 Å². The van der Waals surface area contributed by atoms with Crippen LogP contribution in [0, 0.1) is 11.6 Å². The highest BCUT2D eigenvalue weighted by Gasteiger charge is 2.23. The Morgan fingerprint density at radius 1 is 1.32 bits per heavy atom. The highest BCUT2D eigenvalue weighted by molar-refractivity contribution is 5.83. The van der Waals surface area contributed by atoms with Gasteiger partial charge in [-0.1, -0.05) is 0 Å². The molecule has 4 nitrogen and oxygen atoms in total. The van der Waals surface area contributed by atoms with Crippen molar-refractivity contribution in [2.75, 3.05) is 27.2 Å². The van der Waals surface area contributed by atoms with Crippen molar-refractivity contribution in [1.82, 2.24) is 14.7 Å². The zero-order valence-electron chi connectivity index (χ0n) is 13.0. The smallest absolute Gasteiger partial charge is 0.170 e. The maximum Gasteiger partial charge on any atom is 0.170 e. The van der Waals surface area contributed by atoms with Crippen molar-refractivity contribution in [2.24, 2.45) is 0 Å². The van der Waals surface area contributed by atoms with E-state index in [2.05, 4.69) is 5.10 Å². The summed E-state index contributed by atoms with van der Waals surface area (Å²) < 4.78 is 35.4. The number of rotatable bonds is 4. The first-order valence-electron chi connectivity index (χ1n) is 7.69. The van der Waals surface area contributed by atoms with Crippen molar-refractivity contribution >= 4 is 10.9 Å². The van der Waals surface area contributed by atoms with Crippen LogP contribution in [0.25, 0.3) is 10.9 Å². The molecule has 1 aliphatic heterocycles. The molecule has 22 heavy (non-hydrogen) atoms. The molecule has 6 heteroatoms. The Morgan fingerprint density at radius 3 is 2.82 bits per heavy atom. The molecular weight excluding hydrogens is 288 g/mol. The summed E-state index contributed by atoms with van der Waals surface area (Å²) >= 11 is 0. The summed E-state index contributed by atoms with van der Waals surface area (Å²) in [6, 6.07) is 2.76. The second kappa shape index (κ2) is 6.30. The first-order chi connectivity index (χ1) is 10.6. The number of likely N-dealkylation sites (N-methyl/N-ethyl adjacent to an activating group) is 1. The Kier molecular flexibility index (Phi) is 4.40. The maximum absolute atomic E-state index is 14.3. The van der Waals surface area contributed by atoms with Gasteiger partial charge in [-0.25, -0.2) is 13.5 Å². The zero-order chi connectivity index (χ0) is 15.7. The van der Waals surface area contributed by atoms with Crippen LogP contribution < -0.4 is 0 Å². The van der Waals surface area contributed by atoms with Gasteiger partial charge in [0.1, 0.15) is 0 Å². The van der Waals surface area contributed by atoms with Gasteiger partial charge in [0.05, 0.1) is 16.6 Å². The van der Waals surface area contributed by atoms with E-state index in [1.54, 1.807) is 10.7 Å². The van der Waals surface area contributed by atoms with Gasteiger partial charge < -0.3 is 9.64 Å². The number of fused-ring (bicyclic) bond motifs is 1. The molecule has 0 saturated carbocycles. The van der Waals surface area contributed by atoms with Crippen LogP contribution in [0.1, 0.15) is 31.2 Å². The predicted molar refractivity (Wildman–Crippen MR) is 80.7 cm³/mol. The second-order valence-corrected chi connectivity index (χ2v) is 6.02. The number of aromatic nitrogens is 2. The zero-order valence-corrected chi connectivity index (χ0v) is 13.0. The van der Waals surface area contributed by atoms with Gasteiger partial charge in [-0.05, 0) is 45.5 Å². The third-order valence-electron chi connectivity index (χ3n) is 4.06. The molecule has 2 aromatic rings. The Bertz CT molecular complexity index is 663. The van der Waals surface area contributed by atoms with Crippen molar-refractivity contribution in [3.63, 3.8) is 0 Å². The fraction of sp³-hybridized carbons (Fsp3) is 0.562. The minimum absolute atomic E-state index is 0.186. The van der Waals surface area contributed by atoms with Crippen molar-refractivity contribution < 1.29 is 13.5 Å². The lowest BCUT2D eigenvalue weighted by molar-refractivity contribution is -0.0369. The third-order valence-corrected chi connectivity index (χ3v) is 4.06. The number of halogens is 2. The van der Waals surface area contributed by atoms with Gasteiger partial charge in [-0.15, -0.1) is 0 Å². The number of benzene rings is 1. The van der Waals surface area contributed by atoms with Crippen molar-refractivity contribution in [3.8, 4) is 0 Å². The topological polar surface area (TPSA) is 30.3 Å². The highest BCUT2D eigenvalue weighted by Crippen LogP contribution is 2.30. The molecule has 1 aliphatic rings. The van der Waals surface area contributed by atoms with Crippen molar-refractivity contribution in [1.29, 1.82) is 0 Å². The summed E-state index contributed by atoms with van der Waals surface area (Å²) in [6.07, 6.45) is 3.33. The molecule has 2 heterocycles. The Balaban J connectivity index is 2.06. The molecule has 1 unspecified atom stereocenters. The first kappa shape index (κ1) is 15.4. The highest BCUT2D eigenvalue weighted by atomic mass is 19.2. The maximum atomic E-state index is 14.3. The van der Waals surface area contributed by atoms with Gasteiger partial charge in [0.2, 0.25) is 0 Å². The van der Waals surface area contributed by atoms with E-state index in [1.807, 2.05) is 19.0 Å². The minimum atomic E-state index is -0.831. The molecule has 0 radical (unpaired) electrons. The van der Waals surface area contributed by atoms with E-state index in [9.17, 15) is 8.78 Å². The van der Waals surface area contributed by atoms with E-state index in [-0.39, 0.29) is 11.6 Å². The molecule has 1 atom stereocenters. The lowest BCUT2D eigenvalue weighted by Gasteiger charge is -2.23. The molecule has 0 aliphatic carbocycles. The van der Waals surface area contributed by atoms with Crippen LogP contribution in [0.5, 0.6) is 0 Å². The van der Waals surface area contributed by atoms with Crippen molar-refractivity contribution in [2.45, 2.75) is 31.9 Å². The molecule has 3 rings (SSSR count). The SMILES string of the molecule is CN(C)CCc1nn(C2CCCCO2)c2ccc(F)c(F)c12. The number of hydrogen-bond donors (Lipinski definition) is 0. The van der Waals surface area contributed by atoms with Crippen LogP contribution in [-0.2, 0) is 11.2 Å². The van der Waals surface area contributed by atoms with Gasteiger partial charge in [0.15, 0.2) is 17.9 Å². The van der Waals surface area contributed by atoms with Crippen LogP contribution in [-0.4, -0.2) is 41.9 Å². The predicted octanol–water partition coefficient (Wildman–Crippen LogP) is 3.12. The molecule has 0 amide bonds. The fourth-order valence-electron chi connectivity index (χ4n) is 2.88. The summed E-state index contributed by atoms with van der Waals surface area (Å²) in [5.74, 6) is -1.64. The Labute approximate surface area is 128 Å². The van der Waals surface area contributed by atoms with E-state index in [0.29, 0.717) is 24.2 Å². The molecule has 1 aromatic carbocycles. The standard InChI is InChI=1S/C16H21F2N3O/c1-20(2)9-8-12-15-13(7-6-11(17)16(15)18)21(19-12)14-5-3-4-10-22-14/h6-7,14H,3-5,8-10H2,1-2H3. The Morgan fingerprint density at radius 2 is 2.14 bits per heavy atom. The van der Waals surface area contributed by atoms with E-state index in [0.717, 1.165) is 31.9 Å². The fourth-order valence-corrected chi connectivity index (χ4v) is 2.88. The van der Waals surface area contributed by atoms with E-state index < -0.39 is 11.6 Å². The molecule has 0 spiro atoms. The van der Waals surface area contributed by atoms with Crippen LogP contribution in [0.4, 0.5) is 8.78 Å². The molecule has 1 saturated heterocycles. The number of hydrogen-bond acceptors (Lipinski definition) is 3. The average molecular weight is 309 g/mol. The monoisotopic (exact) mass is 309 g/mol. The largest absolute Gasteiger partial charge is 0.356 e. The van der Waals surface area contributed by atoms with Crippen LogP contribution >= 0.6 is 0 Å². The molecular formula is C16H21F2N3O. The van der Waals surface area contributed by atoms with Gasteiger partial charge in [-0.2, -0.15) is 5.10 Å². The normalized spacial score (nSPS) is 19.2. The summed E-state index contributed by atoms with van der Waals surface area (Å²) in [7, 11) is 3.89. The van der Waals surface area contributed by atoms with Gasteiger partial charge >= 0.3 is 0 Å².